The van der Waals surface area contributed by atoms with Crippen LogP contribution in [-0.2, 0) is 23.8 Å². The van der Waals surface area contributed by atoms with Gasteiger partial charge in [0.15, 0.2) is 12.4 Å². The van der Waals surface area contributed by atoms with Gasteiger partial charge in [-0.3, -0.25) is 9.59 Å². The van der Waals surface area contributed by atoms with Gasteiger partial charge in [0.25, 0.3) is 0 Å². The number of esters is 1. The highest BCUT2D eigenvalue weighted by atomic mass is 16.7. The van der Waals surface area contributed by atoms with Crippen LogP contribution in [0.25, 0.3) is 0 Å². The number of aliphatic hydroxyl groups is 5. The first-order valence-corrected chi connectivity index (χ1v) is 36.3. The number of amides is 1. The largest absolute Gasteiger partial charge is 0.454 e. The minimum absolute atomic E-state index is 0.0996. The molecule has 1 aliphatic rings. The Morgan fingerprint density at radius 3 is 1.24 bits per heavy atom. The Labute approximate surface area is 544 Å². The third kappa shape index (κ3) is 51.3. The van der Waals surface area contributed by atoms with Gasteiger partial charge in [-0.1, -0.05) is 296 Å². The topological polar surface area (TPSA) is 175 Å². The molecule has 11 nitrogen and oxygen atoms in total. The van der Waals surface area contributed by atoms with E-state index in [2.05, 4.69) is 135 Å². The van der Waals surface area contributed by atoms with Crippen molar-refractivity contribution in [3.63, 3.8) is 0 Å². The lowest BCUT2D eigenvalue weighted by atomic mass is 9.99. The molecule has 0 aromatic heterocycles. The first kappa shape index (κ1) is 83.1. The molecule has 0 aliphatic carbocycles. The van der Waals surface area contributed by atoms with E-state index in [4.69, 9.17) is 14.2 Å². The van der Waals surface area contributed by atoms with E-state index >= 15 is 0 Å². The first-order valence-electron chi connectivity index (χ1n) is 36.3. The molecular formula is C78H133NO10. The summed E-state index contributed by atoms with van der Waals surface area (Å²) in [6.07, 6.45) is 79.4. The second kappa shape index (κ2) is 64.2. The maximum absolute atomic E-state index is 13.5. The highest BCUT2D eigenvalue weighted by Crippen LogP contribution is 2.26. The van der Waals surface area contributed by atoms with E-state index < -0.39 is 67.4 Å². The second-order valence-electron chi connectivity index (χ2n) is 24.6. The monoisotopic (exact) mass is 1240 g/mol. The fraction of sp³-hybridized carbons (Fsp3) is 0.718. The van der Waals surface area contributed by atoms with E-state index in [1.165, 1.54) is 116 Å². The lowest BCUT2D eigenvalue weighted by Gasteiger charge is -2.41. The third-order valence-corrected chi connectivity index (χ3v) is 16.3. The zero-order valence-corrected chi connectivity index (χ0v) is 56.8. The van der Waals surface area contributed by atoms with E-state index in [1.54, 1.807) is 6.08 Å². The summed E-state index contributed by atoms with van der Waals surface area (Å²) in [6.45, 7) is 5.66. The quantitative estimate of drug-likeness (QED) is 0.0195. The molecule has 0 aromatic rings. The van der Waals surface area contributed by atoms with Crippen LogP contribution < -0.4 is 5.32 Å². The molecule has 1 rings (SSSR count). The number of allylic oxidation sites excluding steroid dienone is 19. The highest BCUT2D eigenvalue weighted by molar-refractivity contribution is 5.80. The number of hydrogen-bond donors (Lipinski definition) is 6. The van der Waals surface area contributed by atoms with Crippen molar-refractivity contribution in [3.05, 3.63) is 122 Å². The summed E-state index contributed by atoms with van der Waals surface area (Å²) >= 11 is 0. The van der Waals surface area contributed by atoms with Crippen LogP contribution in [0.5, 0.6) is 0 Å². The van der Waals surface area contributed by atoms with Crippen molar-refractivity contribution in [2.75, 3.05) is 13.2 Å². The van der Waals surface area contributed by atoms with E-state index in [9.17, 15) is 35.1 Å². The summed E-state index contributed by atoms with van der Waals surface area (Å²) in [5.41, 5.74) is 0. The number of unbranched alkanes of at least 4 members (excludes halogenated alkanes) is 29. The minimum Gasteiger partial charge on any atom is -0.454 e. The molecule has 1 aliphatic heterocycles. The van der Waals surface area contributed by atoms with Crippen molar-refractivity contribution in [1.82, 2.24) is 5.32 Å². The standard InChI is InChI=1S/C78H133NO10/c1-4-7-10-13-16-19-22-25-27-29-31-33-35-36-37-39-41-43-45-48-51-54-57-60-63-66-73(83)89-76-75(85)74(84)72(67-80)88-78(76)87-68-69(70(81)64-61-58-55-52-49-46-24-21-18-15-12-9-6-3)79-77(86)71(82)65-62-59-56-53-50-47-44-42-40-38-34-32-30-28-26-23-20-17-14-11-8-5-2/h7,10,16-17,19-20,25-28,31-34,36-37,41,43,61,64,69-72,74-76,78,80-82,84-85H,4-6,8-9,11-15,18,21-24,29-30,35,38-40,42,44-60,62-63,65-68H2,1-3H3,(H,79,86)/b10-7-,19-16-,20-17-,27-25-,28-26-,33-31-,34-32-,37-36-,43-41-,64-61+. The molecule has 0 radical (unpaired) electrons. The Bertz CT molecular complexity index is 1920. The molecule has 0 spiro atoms. The molecule has 1 fully saturated rings. The molecule has 0 aromatic carbocycles. The average Bonchev–Trinajstić information content (AvgIpc) is 1.80. The van der Waals surface area contributed by atoms with Crippen molar-refractivity contribution in [1.29, 1.82) is 0 Å². The highest BCUT2D eigenvalue weighted by Gasteiger charge is 2.47. The van der Waals surface area contributed by atoms with Gasteiger partial charge >= 0.3 is 5.97 Å². The first-order chi connectivity index (χ1) is 43.7. The van der Waals surface area contributed by atoms with Gasteiger partial charge in [-0.2, -0.15) is 0 Å². The lowest BCUT2D eigenvalue weighted by molar-refractivity contribution is -0.305. The maximum Gasteiger partial charge on any atom is 0.306 e. The smallest absolute Gasteiger partial charge is 0.306 e. The van der Waals surface area contributed by atoms with Gasteiger partial charge in [0, 0.05) is 6.42 Å². The molecule has 0 saturated carbocycles. The summed E-state index contributed by atoms with van der Waals surface area (Å²) in [6, 6.07) is -1.04. The molecule has 510 valence electrons. The number of aliphatic hydroxyl groups excluding tert-OH is 5. The number of carbonyl (C=O) groups is 2. The SMILES string of the molecule is CC/C=C\C/C=C\C/C=C\C/C=C\C/C=C\C/C=C\CCCCCCCCC(=O)OC1C(OCC(NC(=O)C(O)CCCCCCCCCCC/C=C\C/C=C\C/C=C\CCCCC)C(O)/C=C/CCCCCCCCCCCCC)OC(CO)C(O)C1O. The van der Waals surface area contributed by atoms with Gasteiger partial charge in [0.1, 0.15) is 24.4 Å². The zero-order chi connectivity index (χ0) is 64.6. The summed E-state index contributed by atoms with van der Waals surface area (Å²) < 4.78 is 17.7. The van der Waals surface area contributed by atoms with Crippen LogP contribution >= 0.6 is 0 Å². The number of nitrogens with one attached hydrogen (secondary N) is 1. The third-order valence-electron chi connectivity index (χ3n) is 16.3. The Hall–Kier alpha value is -3.94. The summed E-state index contributed by atoms with van der Waals surface area (Å²) in [5, 5.41) is 57.3. The molecular weight excluding hydrogens is 1110 g/mol. The molecule has 1 heterocycles. The van der Waals surface area contributed by atoms with E-state index in [0.29, 0.717) is 12.8 Å². The van der Waals surface area contributed by atoms with Crippen LogP contribution in [-0.4, -0.2) is 99.6 Å². The molecule has 1 saturated heterocycles. The van der Waals surface area contributed by atoms with Crippen LogP contribution in [0.15, 0.2) is 122 Å². The van der Waals surface area contributed by atoms with Crippen LogP contribution in [0.2, 0.25) is 0 Å². The second-order valence-corrected chi connectivity index (χ2v) is 24.6. The fourth-order valence-corrected chi connectivity index (χ4v) is 10.7. The van der Waals surface area contributed by atoms with Crippen LogP contribution in [0, 0.1) is 0 Å². The van der Waals surface area contributed by atoms with Crippen LogP contribution in [0.1, 0.15) is 297 Å². The molecule has 8 unspecified atom stereocenters. The number of rotatable bonds is 61. The fourth-order valence-electron chi connectivity index (χ4n) is 10.7. The Morgan fingerprint density at radius 1 is 0.449 bits per heavy atom. The van der Waals surface area contributed by atoms with Gasteiger partial charge in [0.05, 0.1) is 25.4 Å². The zero-order valence-electron chi connectivity index (χ0n) is 56.8. The molecule has 11 heteroatoms. The van der Waals surface area contributed by atoms with Gasteiger partial charge in [-0.15, -0.1) is 0 Å². The van der Waals surface area contributed by atoms with Crippen molar-refractivity contribution in [2.45, 2.75) is 346 Å². The maximum atomic E-state index is 13.5. The number of carbonyl (C=O) groups excluding carboxylic acids is 2. The Morgan fingerprint density at radius 2 is 0.809 bits per heavy atom. The van der Waals surface area contributed by atoms with Gasteiger partial charge in [-0.25, -0.2) is 0 Å². The summed E-state index contributed by atoms with van der Waals surface area (Å²) in [7, 11) is 0. The number of hydrogen-bond acceptors (Lipinski definition) is 10. The molecule has 0 bridgehead atoms. The lowest BCUT2D eigenvalue weighted by Crippen LogP contribution is -2.61. The molecule has 1 amide bonds. The van der Waals surface area contributed by atoms with Crippen molar-refractivity contribution in [3.8, 4) is 0 Å². The van der Waals surface area contributed by atoms with Gasteiger partial charge < -0.3 is 45.1 Å². The summed E-state index contributed by atoms with van der Waals surface area (Å²) in [5.74, 6) is -1.22. The van der Waals surface area contributed by atoms with Crippen molar-refractivity contribution >= 4 is 11.9 Å². The van der Waals surface area contributed by atoms with Crippen molar-refractivity contribution < 1.29 is 49.3 Å². The predicted octanol–water partition coefficient (Wildman–Crippen LogP) is 19.0. The Kier molecular flexibility index (Phi) is 59.9. The number of ether oxygens (including phenoxy) is 3. The molecule has 89 heavy (non-hydrogen) atoms. The predicted molar refractivity (Wildman–Crippen MR) is 374 cm³/mol. The average molecular weight is 1240 g/mol. The molecule has 6 N–H and O–H groups in total. The minimum atomic E-state index is -1.63. The van der Waals surface area contributed by atoms with Crippen molar-refractivity contribution in [2.24, 2.45) is 0 Å². The van der Waals surface area contributed by atoms with Crippen LogP contribution in [0.3, 0.4) is 0 Å². The van der Waals surface area contributed by atoms with Gasteiger partial charge in [0.2, 0.25) is 5.91 Å². The Balaban J connectivity index is 2.61. The van der Waals surface area contributed by atoms with Gasteiger partial charge in [-0.05, 0) is 116 Å². The van der Waals surface area contributed by atoms with Crippen LogP contribution in [0.4, 0.5) is 0 Å². The van der Waals surface area contributed by atoms with E-state index in [0.717, 1.165) is 135 Å². The van der Waals surface area contributed by atoms with E-state index in [1.807, 2.05) is 6.08 Å². The molecule has 8 atom stereocenters. The van der Waals surface area contributed by atoms with E-state index in [-0.39, 0.29) is 19.4 Å². The summed E-state index contributed by atoms with van der Waals surface area (Å²) in [4.78, 5) is 26.7. The normalized spacial score (nSPS) is 18.9.